The number of carbonyl (C=O) groups excluding carboxylic acids is 2. The molecule has 25 heavy (non-hydrogen) atoms. The number of rotatable bonds is 6. The number of amides is 2. The molecule has 1 aromatic rings. The van der Waals surface area contributed by atoms with Gasteiger partial charge in [-0.3, -0.25) is 4.79 Å². The second-order valence-electron chi connectivity index (χ2n) is 8.26. The first-order valence-electron chi connectivity index (χ1n) is 8.91. The minimum absolute atomic E-state index is 0.0222. The Morgan fingerprint density at radius 3 is 2.44 bits per heavy atom. The lowest BCUT2D eigenvalue weighted by Crippen LogP contribution is -2.56. The summed E-state index contributed by atoms with van der Waals surface area (Å²) in [6.45, 7) is 9.87. The average Bonchev–Trinajstić information content (AvgIpc) is 3.28. The molecule has 5 heteroatoms. The summed E-state index contributed by atoms with van der Waals surface area (Å²) in [6.07, 6.45) is 2.03. The van der Waals surface area contributed by atoms with Crippen molar-refractivity contribution in [3.63, 3.8) is 0 Å². The van der Waals surface area contributed by atoms with E-state index < -0.39 is 17.2 Å². The summed E-state index contributed by atoms with van der Waals surface area (Å²) >= 11 is 0. The van der Waals surface area contributed by atoms with E-state index in [0.29, 0.717) is 18.9 Å². The van der Waals surface area contributed by atoms with Gasteiger partial charge < -0.3 is 15.4 Å². The molecule has 1 aliphatic rings. The first-order chi connectivity index (χ1) is 11.6. The Morgan fingerprint density at radius 1 is 1.20 bits per heavy atom. The number of benzene rings is 1. The van der Waals surface area contributed by atoms with Crippen molar-refractivity contribution in [2.24, 2.45) is 5.92 Å². The van der Waals surface area contributed by atoms with E-state index in [9.17, 15) is 9.59 Å². The number of hydrogen-bond donors (Lipinski definition) is 2. The third-order valence-electron chi connectivity index (χ3n) is 4.35. The molecule has 0 heterocycles. The van der Waals surface area contributed by atoms with Gasteiger partial charge in [0.05, 0.1) is 12.0 Å². The second-order valence-corrected chi connectivity index (χ2v) is 8.26. The van der Waals surface area contributed by atoms with E-state index in [4.69, 9.17) is 4.74 Å². The monoisotopic (exact) mass is 346 g/mol. The minimum Gasteiger partial charge on any atom is -0.444 e. The van der Waals surface area contributed by atoms with Gasteiger partial charge in [0.1, 0.15) is 5.60 Å². The van der Waals surface area contributed by atoms with E-state index in [2.05, 4.69) is 10.6 Å². The molecule has 1 aliphatic carbocycles. The third-order valence-corrected chi connectivity index (χ3v) is 4.35. The summed E-state index contributed by atoms with van der Waals surface area (Å²) in [5, 5.41) is 5.94. The molecule has 1 atom stereocenters. The number of carbonyl (C=O) groups is 2. The molecule has 5 nitrogen and oxygen atoms in total. The minimum atomic E-state index is -0.533. The Balaban J connectivity index is 1.92. The van der Waals surface area contributed by atoms with Crippen LogP contribution in [0.25, 0.3) is 0 Å². The summed E-state index contributed by atoms with van der Waals surface area (Å²) in [6, 6.07) is 7.95. The van der Waals surface area contributed by atoms with Gasteiger partial charge in [0.25, 0.3) is 0 Å². The molecule has 2 rings (SSSR count). The molecule has 0 radical (unpaired) electrons. The summed E-state index contributed by atoms with van der Waals surface area (Å²) in [7, 11) is 0. The van der Waals surface area contributed by atoms with Crippen molar-refractivity contribution in [3.05, 3.63) is 35.4 Å². The Hall–Kier alpha value is -2.04. The number of aryl methyl sites for hydroxylation is 1. The Bertz CT molecular complexity index is 632. The van der Waals surface area contributed by atoms with Gasteiger partial charge in [-0.25, -0.2) is 4.79 Å². The maximum atomic E-state index is 12.5. The maximum absolute atomic E-state index is 12.5. The maximum Gasteiger partial charge on any atom is 0.407 e. The fourth-order valence-corrected chi connectivity index (χ4v) is 2.95. The van der Waals surface area contributed by atoms with Crippen LogP contribution in [0.1, 0.15) is 51.7 Å². The lowest BCUT2D eigenvalue weighted by Gasteiger charge is -2.32. The van der Waals surface area contributed by atoms with E-state index in [1.165, 1.54) is 0 Å². The zero-order valence-electron chi connectivity index (χ0n) is 15.9. The standard InChI is InChI=1S/C20H30N2O3/c1-14-7-6-8-15(11-14)12-17(23)22-20(5,16-9-10-16)13-21-18(24)25-19(2,3)4/h6-8,11,16H,9-10,12-13H2,1-5H3,(H,21,24)(H,22,23). The van der Waals surface area contributed by atoms with E-state index in [1.807, 2.05) is 58.9 Å². The molecular weight excluding hydrogens is 316 g/mol. The van der Waals surface area contributed by atoms with Crippen molar-refractivity contribution in [2.45, 2.75) is 65.0 Å². The van der Waals surface area contributed by atoms with Crippen LogP contribution in [0, 0.1) is 12.8 Å². The quantitative estimate of drug-likeness (QED) is 0.830. The first kappa shape index (κ1) is 19.3. The van der Waals surface area contributed by atoms with Gasteiger partial charge in [0, 0.05) is 6.54 Å². The van der Waals surface area contributed by atoms with E-state index in [-0.39, 0.29) is 5.91 Å². The molecule has 2 N–H and O–H groups in total. The highest BCUT2D eigenvalue weighted by Crippen LogP contribution is 2.39. The zero-order valence-corrected chi connectivity index (χ0v) is 15.9. The SMILES string of the molecule is Cc1cccc(CC(=O)NC(C)(CNC(=O)OC(C)(C)C)C2CC2)c1. The molecule has 0 saturated heterocycles. The smallest absolute Gasteiger partial charge is 0.407 e. The van der Waals surface area contributed by atoms with Crippen LogP contribution in [-0.4, -0.2) is 29.7 Å². The largest absolute Gasteiger partial charge is 0.444 e. The topological polar surface area (TPSA) is 67.4 Å². The molecule has 0 spiro atoms. The van der Waals surface area contributed by atoms with Gasteiger partial charge in [0.2, 0.25) is 5.91 Å². The van der Waals surface area contributed by atoms with E-state index >= 15 is 0 Å². The van der Waals surface area contributed by atoms with Gasteiger partial charge in [-0.05, 0) is 58.9 Å². The van der Waals surface area contributed by atoms with Crippen LogP contribution in [0.5, 0.6) is 0 Å². The fraction of sp³-hybridized carbons (Fsp3) is 0.600. The highest BCUT2D eigenvalue weighted by molar-refractivity contribution is 5.79. The molecule has 0 aromatic heterocycles. The molecule has 138 valence electrons. The van der Waals surface area contributed by atoms with Crippen LogP contribution in [0.3, 0.4) is 0 Å². The molecule has 2 amide bonds. The van der Waals surface area contributed by atoms with Gasteiger partial charge in [-0.1, -0.05) is 29.8 Å². The van der Waals surface area contributed by atoms with Gasteiger partial charge in [0.15, 0.2) is 0 Å². The van der Waals surface area contributed by atoms with Crippen molar-refractivity contribution in [2.75, 3.05) is 6.54 Å². The molecule has 1 saturated carbocycles. The number of alkyl carbamates (subject to hydrolysis) is 1. The zero-order chi connectivity index (χ0) is 18.7. The number of hydrogen-bond acceptors (Lipinski definition) is 3. The van der Waals surface area contributed by atoms with Crippen molar-refractivity contribution in [1.29, 1.82) is 0 Å². The van der Waals surface area contributed by atoms with E-state index in [0.717, 1.165) is 24.0 Å². The van der Waals surface area contributed by atoms with Gasteiger partial charge >= 0.3 is 6.09 Å². The normalized spacial score (nSPS) is 16.7. The molecule has 0 aliphatic heterocycles. The molecule has 1 aromatic carbocycles. The third kappa shape index (κ3) is 6.40. The van der Waals surface area contributed by atoms with Gasteiger partial charge in [-0.15, -0.1) is 0 Å². The van der Waals surface area contributed by atoms with Crippen LogP contribution in [0.2, 0.25) is 0 Å². The number of ether oxygens (including phenoxy) is 1. The summed E-state index contributed by atoms with van der Waals surface area (Å²) in [4.78, 5) is 24.4. The predicted molar refractivity (Wildman–Crippen MR) is 98.4 cm³/mol. The second kappa shape index (κ2) is 7.46. The molecule has 1 fully saturated rings. The lowest BCUT2D eigenvalue weighted by molar-refractivity contribution is -0.122. The molecular formula is C20H30N2O3. The van der Waals surface area contributed by atoms with Crippen molar-refractivity contribution < 1.29 is 14.3 Å². The predicted octanol–water partition coefficient (Wildman–Crippen LogP) is 3.35. The van der Waals surface area contributed by atoms with Crippen LogP contribution < -0.4 is 10.6 Å². The summed E-state index contributed by atoms with van der Waals surface area (Å²) < 4.78 is 5.28. The van der Waals surface area contributed by atoms with Crippen molar-refractivity contribution in [3.8, 4) is 0 Å². The first-order valence-corrected chi connectivity index (χ1v) is 8.91. The highest BCUT2D eigenvalue weighted by atomic mass is 16.6. The molecule has 1 unspecified atom stereocenters. The Labute approximate surface area is 150 Å². The van der Waals surface area contributed by atoms with Crippen molar-refractivity contribution in [1.82, 2.24) is 10.6 Å². The number of nitrogens with one attached hydrogen (secondary N) is 2. The van der Waals surface area contributed by atoms with Crippen LogP contribution in [0.4, 0.5) is 4.79 Å². The van der Waals surface area contributed by atoms with Crippen LogP contribution in [-0.2, 0) is 16.0 Å². The lowest BCUT2D eigenvalue weighted by atomic mass is 9.95. The van der Waals surface area contributed by atoms with Crippen molar-refractivity contribution >= 4 is 12.0 Å². The summed E-state index contributed by atoms with van der Waals surface area (Å²) in [5.41, 5.74) is 1.16. The Morgan fingerprint density at radius 2 is 1.88 bits per heavy atom. The molecule has 0 bridgehead atoms. The van der Waals surface area contributed by atoms with E-state index in [1.54, 1.807) is 0 Å². The van der Waals surface area contributed by atoms with Gasteiger partial charge in [-0.2, -0.15) is 0 Å². The fourth-order valence-electron chi connectivity index (χ4n) is 2.95. The Kier molecular flexibility index (Phi) is 5.76. The highest BCUT2D eigenvalue weighted by Gasteiger charge is 2.42. The average molecular weight is 346 g/mol. The van der Waals surface area contributed by atoms with Crippen LogP contribution in [0.15, 0.2) is 24.3 Å². The summed E-state index contributed by atoms with van der Waals surface area (Å²) in [5.74, 6) is 0.370. The van der Waals surface area contributed by atoms with Crippen LogP contribution >= 0.6 is 0 Å².